The summed E-state index contributed by atoms with van der Waals surface area (Å²) in [5.74, 6) is 0.116. The largest absolute Gasteiger partial charge is 0.379 e. The molecule has 3 heterocycles. The minimum atomic E-state index is -0.521. The predicted octanol–water partition coefficient (Wildman–Crippen LogP) is -1.63. The number of primary amides is 1. The number of ether oxygens (including phenoxy) is 2. The standard InChI is InChI=1S/C17H26N6O4/c18-15(24)12-27-14-2-9-26-11-13(14)21-16(25)10-22-5-7-23(8-6-22)17-19-3-1-4-20-17/h1,3-4,13-14H,2,5-12H2,(H2,18,24)(H,21,25)/t13-,14+/m1/s1. The quantitative estimate of drug-likeness (QED) is 0.580. The molecule has 2 amide bonds. The molecule has 0 bridgehead atoms. The van der Waals surface area contributed by atoms with Crippen molar-refractivity contribution in [2.24, 2.45) is 5.73 Å². The Kier molecular flexibility index (Phi) is 6.91. The summed E-state index contributed by atoms with van der Waals surface area (Å²) in [5.41, 5.74) is 5.13. The van der Waals surface area contributed by atoms with Crippen LogP contribution in [0.25, 0.3) is 0 Å². The number of hydrogen-bond acceptors (Lipinski definition) is 8. The van der Waals surface area contributed by atoms with Crippen LogP contribution in [0.15, 0.2) is 18.5 Å². The lowest BCUT2D eigenvalue weighted by Crippen LogP contribution is -2.55. The highest BCUT2D eigenvalue weighted by Crippen LogP contribution is 2.13. The van der Waals surface area contributed by atoms with Crippen LogP contribution < -0.4 is 16.0 Å². The smallest absolute Gasteiger partial charge is 0.243 e. The molecule has 0 spiro atoms. The first-order chi connectivity index (χ1) is 13.1. The molecule has 1 aromatic heterocycles. The maximum Gasteiger partial charge on any atom is 0.243 e. The summed E-state index contributed by atoms with van der Waals surface area (Å²) in [6, 6.07) is 1.52. The molecule has 0 unspecified atom stereocenters. The fourth-order valence-corrected chi connectivity index (χ4v) is 3.26. The van der Waals surface area contributed by atoms with E-state index in [-0.39, 0.29) is 24.7 Å². The maximum absolute atomic E-state index is 12.4. The van der Waals surface area contributed by atoms with Crippen LogP contribution in [-0.2, 0) is 19.1 Å². The van der Waals surface area contributed by atoms with E-state index in [0.717, 1.165) is 32.1 Å². The number of amides is 2. The minimum absolute atomic E-state index is 0.0809. The van der Waals surface area contributed by atoms with Crippen molar-refractivity contribution in [3.05, 3.63) is 18.5 Å². The number of anilines is 1. The lowest BCUT2D eigenvalue weighted by Gasteiger charge is -2.35. The monoisotopic (exact) mass is 378 g/mol. The fraction of sp³-hybridized carbons (Fsp3) is 0.647. The van der Waals surface area contributed by atoms with E-state index in [9.17, 15) is 9.59 Å². The summed E-state index contributed by atoms with van der Waals surface area (Å²) in [5, 5.41) is 2.96. The molecule has 0 aliphatic carbocycles. The molecule has 10 nitrogen and oxygen atoms in total. The topological polar surface area (TPSA) is 123 Å². The van der Waals surface area contributed by atoms with Gasteiger partial charge in [0.1, 0.15) is 6.61 Å². The van der Waals surface area contributed by atoms with Gasteiger partial charge in [0.05, 0.1) is 25.3 Å². The Labute approximate surface area is 158 Å². The van der Waals surface area contributed by atoms with Gasteiger partial charge in [-0.2, -0.15) is 0 Å². The summed E-state index contributed by atoms with van der Waals surface area (Å²) in [6.45, 7) is 4.13. The van der Waals surface area contributed by atoms with E-state index < -0.39 is 5.91 Å². The summed E-state index contributed by atoms with van der Waals surface area (Å²) in [7, 11) is 0. The first-order valence-electron chi connectivity index (χ1n) is 9.13. The van der Waals surface area contributed by atoms with Gasteiger partial charge in [-0.05, 0) is 12.5 Å². The van der Waals surface area contributed by atoms with Crippen molar-refractivity contribution in [2.45, 2.75) is 18.6 Å². The Morgan fingerprint density at radius 3 is 2.70 bits per heavy atom. The van der Waals surface area contributed by atoms with E-state index >= 15 is 0 Å². The summed E-state index contributed by atoms with van der Waals surface area (Å²) >= 11 is 0. The molecular weight excluding hydrogens is 352 g/mol. The lowest BCUT2D eigenvalue weighted by atomic mass is 10.1. The Balaban J connectivity index is 1.43. The molecule has 148 valence electrons. The highest BCUT2D eigenvalue weighted by molar-refractivity contribution is 5.78. The second-order valence-corrected chi connectivity index (χ2v) is 6.67. The zero-order chi connectivity index (χ0) is 19.1. The molecule has 2 saturated heterocycles. The van der Waals surface area contributed by atoms with Crippen LogP contribution in [0.2, 0.25) is 0 Å². The van der Waals surface area contributed by atoms with E-state index in [1.165, 1.54) is 0 Å². The SMILES string of the molecule is NC(=O)CO[C@H]1CCOC[C@H]1NC(=O)CN1CCN(c2ncccn2)CC1. The third-order valence-electron chi connectivity index (χ3n) is 4.65. The molecular formula is C17H26N6O4. The third kappa shape index (κ3) is 5.84. The van der Waals surface area contributed by atoms with Gasteiger partial charge >= 0.3 is 0 Å². The van der Waals surface area contributed by atoms with E-state index in [1.54, 1.807) is 18.5 Å². The molecule has 1 aromatic rings. The number of carbonyl (C=O) groups excluding carboxylic acids is 2. The maximum atomic E-state index is 12.4. The first kappa shape index (κ1) is 19.5. The Hall–Kier alpha value is -2.30. The van der Waals surface area contributed by atoms with Gasteiger partial charge in [0, 0.05) is 45.2 Å². The number of nitrogens with zero attached hydrogens (tertiary/aromatic N) is 4. The van der Waals surface area contributed by atoms with Gasteiger partial charge in [-0.15, -0.1) is 0 Å². The van der Waals surface area contributed by atoms with Crippen molar-refractivity contribution < 1.29 is 19.1 Å². The zero-order valence-electron chi connectivity index (χ0n) is 15.2. The van der Waals surface area contributed by atoms with Crippen molar-refractivity contribution in [3.63, 3.8) is 0 Å². The molecule has 27 heavy (non-hydrogen) atoms. The highest BCUT2D eigenvalue weighted by atomic mass is 16.5. The van der Waals surface area contributed by atoms with Crippen molar-refractivity contribution in [1.29, 1.82) is 0 Å². The number of carbonyl (C=O) groups is 2. The van der Waals surface area contributed by atoms with Crippen LogP contribution in [0, 0.1) is 0 Å². The van der Waals surface area contributed by atoms with Gasteiger partial charge in [0.25, 0.3) is 0 Å². The second-order valence-electron chi connectivity index (χ2n) is 6.67. The molecule has 3 rings (SSSR count). The summed E-state index contributed by atoms with van der Waals surface area (Å²) in [4.78, 5) is 36.1. The van der Waals surface area contributed by atoms with E-state index in [0.29, 0.717) is 26.2 Å². The van der Waals surface area contributed by atoms with Crippen molar-refractivity contribution in [1.82, 2.24) is 20.2 Å². The summed E-state index contributed by atoms with van der Waals surface area (Å²) in [6.07, 6.45) is 3.81. The molecule has 2 fully saturated rings. The van der Waals surface area contributed by atoms with Crippen LogP contribution >= 0.6 is 0 Å². The number of nitrogens with two attached hydrogens (primary N) is 1. The molecule has 0 radical (unpaired) electrons. The zero-order valence-corrected chi connectivity index (χ0v) is 15.2. The van der Waals surface area contributed by atoms with Gasteiger partial charge < -0.3 is 25.4 Å². The molecule has 0 saturated carbocycles. The van der Waals surface area contributed by atoms with Crippen molar-refractivity contribution >= 4 is 17.8 Å². The molecule has 2 aliphatic heterocycles. The normalized spacial score (nSPS) is 23.8. The number of piperazine rings is 1. The summed E-state index contributed by atoms with van der Waals surface area (Å²) < 4.78 is 10.9. The van der Waals surface area contributed by atoms with E-state index in [2.05, 4.69) is 25.1 Å². The highest BCUT2D eigenvalue weighted by Gasteiger charge is 2.29. The Morgan fingerprint density at radius 2 is 2.00 bits per heavy atom. The van der Waals surface area contributed by atoms with E-state index in [4.69, 9.17) is 15.2 Å². The first-order valence-corrected chi connectivity index (χ1v) is 9.13. The lowest BCUT2D eigenvalue weighted by molar-refractivity contribution is -0.132. The van der Waals surface area contributed by atoms with Gasteiger partial charge in [0.2, 0.25) is 17.8 Å². The predicted molar refractivity (Wildman–Crippen MR) is 97.0 cm³/mol. The van der Waals surface area contributed by atoms with E-state index in [1.807, 2.05) is 0 Å². The minimum Gasteiger partial charge on any atom is -0.379 e. The average molecular weight is 378 g/mol. The number of hydrogen-bond donors (Lipinski definition) is 2. The van der Waals surface area contributed by atoms with Gasteiger partial charge in [-0.25, -0.2) is 9.97 Å². The van der Waals surface area contributed by atoms with Crippen LogP contribution in [0.3, 0.4) is 0 Å². The number of rotatable bonds is 7. The van der Waals surface area contributed by atoms with Gasteiger partial charge in [-0.1, -0.05) is 0 Å². The van der Waals surface area contributed by atoms with Crippen molar-refractivity contribution in [2.75, 3.05) is 57.4 Å². The van der Waals surface area contributed by atoms with Gasteiger partial charge in [-0.3, -0.25) is 14.5 Å². The third-order valence-corrected chi connectivity index (χ3v) is 4.65. The van der Waals surface area contributed by atoms with Crippen LogP contribution in [0.5, 0.6) is 0 Å². The second kappa shape index (κ2) is 9.58. The molecule has 2 aliphatic rings. The molecule has 3 N–H and O–H groups in total. The van der Waals surface area contributed by atoms with Crippen LogP contribution in [0.4, 0.5) is 5.95 Å². The number of nitrogens with one attached hydrogen (secondary N) is 1. The molecule has 0 aromatic carbocycles. The van der Waals surface area contributed by atoms with Crippen LogP contribution in [0.1, 0.15) is 6.42 Å². The molecule has 2 atom stereocenters. The van der Waals surface area contributed by atoms with Crippen LogP contribution in [-0.4, -0.2) is 91.4 Å². The van der Waals surface area contributed by atoms with Crippen molar-refractivity contribution in [3.8, 4) is 0 Å². The Bertz CT molecular complexity index is 623. The fourth-order valence-electron chi connectivity index (χ4n) is 3.26. The Morgan fingerprint density at radius 1 is 1.26 bits per heavy atom. The average Bonchev–Trinajstić information content (AvgIpc) is 2.68. The van der Waals surface area contributed by atoms with Gasteiger partial charge in [0.15, 0.2) is 0 Å². The number of aromatic nitrogens is 2. The molecule has 10 heteroatoms.